The molecule has 1 atom stereocenters. The Labute approximate surface area is 78.0 Å². The van der Waals surface area contributed by atoms with Gasteiger partial charge in [0.05, 0.1) is 4.83 Å². The monoisotopic (exact) mass is 271 g/mol. The van der Waals surface area contributed by atoms with Crippen molar-refractivity contribution in [3.8, 4) is 0 Å². The van der Waals surface area contributed by atoms with Gasteiger partial charge in [0.15, 0.2) is 0 Å². The first-order valence-electron chi connectivity index (χ1n) is 3.20. The van der Waals surface area contributed by atoms with Crippen LogP contribution >= 0.6 is 31.9 Å². The van der Waals surface area contributed by atoms with Gasteiger partial charge in [0.1, 0.15) is 0 Å². The van der Waals surface area contributed by atoms with Crippen LogP contribution in [0.1, 0.15) is 13.3 Å². The molecule has 0 aliphatic carbocycles. The second-order valence-electron chi connectivity index (χ2n) is 1.84. The van der Waals surface area contributed by atoms with Crippen LogP contribution in [-0.2, 0) is 4.79 Å². The second-order valence-corrected chi connectivity index (χ2v) is 3.74. The molecular weight excluding hydrogens is 262 g/mol. The van der Waals surface area contributed by atoms with Crippen molar-refractivity contribution in [2.24, 2.45) is 0 Å². The normalized spacial score (nSPS) is 12.7. The van der Waals surface area contributed by atoms with E-state index in [1.54, 1.807) is 0 Å². The van der Waals surface area contributed by atoms with Crippen LogP contribution in [0.25, 0.3) is 0 Å². The highest BCUT2D eigenvalue weighted by Gasteiger charge is 2.11. The molecule has 4 heteroatoms. The number of hydrogen-bond acceptors (Lipinski definition) is 1. The standard InChI is InChI=1S/C6H11Br2NO/c1-2-9-6(10)5(8)3-4-7/h5H,2-4H2,1H3,(H,9,10). The molecule has 0 aromatic rings. The summed E-state index contributed by atoms with van der Waals surface area (Å²) in [6, 6.07) is 0. The first kappa shape index (κ1) is 10.4. The molecular formula is C6H11Br2NO. The summed E-state index contributed by atoms with van der Waals surface area (Å²) in [6.45, 7) is 2.61. The van der Waals surface area contributed by atoms with Crippen molar-refractivity contribution < 1.29 is 4.79 Å². The molecule has 0 aliphatic heterocycles. The Balaban J connectivity index is 3.49. The molecule has 0 saturated carbocycles. The van der Waals surface area contributed by atoms with Gasteiger partial charge in [-0.2, -0.15) is 0 Å². The number of amides is 1. The molecule has 0 aliphatic rings. The van der Waals surface area contributed by atoms with E-state index >= 15 is 0 Å². The fraction of sp³-hybridized carbons (Fsp3) is 0.833. The molecule has 0 aromatic carbocycles. The van der Waals surface area contributed by atoms with Crippen LogP contribution in [0.5, 0.6) is 0 Å². The van der Waals surface area contributed by atoms with Gasteiger partial charge >= 0.3 is 0 Å². The fourth-order valence-corrected chi connectivity index (χ4v) is 1.97. The third-order valence-corrected chi connectivity index (χ3v) is 2.33. The summed E-state index contributed by atoms with van der Waals surface area (Å²) in [7, 11) is 0. The van der Waals surface area contributed by atoms with E-state index in [2.05, 4.69) is 37.2 Å². The van der Waals surface area contributed by atoms with Gasteiger partial charge in [-0.05, 0) is 13.3 Å². The van der Waals surface area contributed by atoms with Crippen LogP contribution in [0.15, 0.2) is 0 Å². The zero-order chi connectivity index (χ0) is 7.98. The first-order valence-corrected chi connectivity index (χ1v) is 5.23. The lowest BCUT2D eigenvalue weighted by Crippen LogP contribution is -2.30. The summed E-state index contributed by atoms with van der Waals surface area (Å²) in [5.41, 5.74) is 0. The van der Waals surface area contributed by atoms with Crippen molar-refractivity contribution in [3.05, 3.63) is 0 Å². The van der Waals surface area contributed by atoms with Gasteiger partial charge in [-0.25, -0.2) is 0 Å². The highest BCUT2D eigenvalue weighted by molar-refractivity contribution is 9.10. The summed E-state index contributed by atoms with van der Waals surface area (Å²) in [6.07, 6.45) is 0.825. The zero-order valence-electron chi connectivity index (χ0n) is 5.86. The minimum Gasteiger partial charge on any atom is -0.355 e. The number of alkyl halides is 2. The Morgan fingerprint density at radius 3 is 2.70 bits per heavy atom. The van der Waals surface area contributed by atoms with E-state index in [0.717, 1.165) is 11.8 Å². The molecule has 0 heterocycles. The average Bonchev–Trinajstić information content (AvgIpc) is 1.89. The Kier molecular flexibility index (Phi) is 6.43. The van der Waals surface area contributed by atoms with E-state index in [0.29, 0.717) is 6.54 Å². The summed E-state index contributed by atoms with van der Waals surface area (Å²) in [5, 5.41) is 3.57. The van der Waals surface area contributed by atoms with Crippen LogP contribution < -0.4 is 5.32 Å². The van der Waals surface area contributed by atoms with Crippen LogP contribution in [0.3, 0.4) is 0 Å². The smallest absolute Gasteiger partial charge is 0.233 e. The fourth-order valence-electron chi connectivity index (χ4n) is 0.512. The van der Waals surface area contributed by atoms with E-state index in [1.165, 1.54) is 0 Å². The predicted octanol–water partition coefficient (Wildman–Crippen LogP) is 1.67. The van der Waals surface area contributed by atoms with Crippen LogP contribution in [-0.4, -0.2) is 22.6 Å². The van der Waals surface area contributed by atoms with Crippen molar-refractivity contribution in [1.82, 2.24) is 5.32 Å². The van der Waals surface area contributed by atoms with Crippen molar-refractivity contribution in [3.63, 3.8) is 0 Å². The quantitative estimate of drug-likeness (QED) is 0.775. The minimum atomic E-state index is -0.0492. The number of carbonyl (C=O) groups excluding carboxylic acids is 1. The van der Waals surface area contributed by atoms with Gasteiger partial charge in [0.2, 0.25) is 5.91 Å². The van der Waals surface area contributed by atoms with E-state index in [4.69, 9.17) is 0 Å². The molecule has 2 nitrogen and oxygen atoms in total. The number of nitrogens with one attached hydrogen (secondary N) is 1. The zero-order valence-corrected chi connectivity index (χ0v) is 9.03. The number of hydrogen-bond donors (Lipinski definition) is 1. The van der Waals surface area contributed by atoms with Crippen LogP contribution in [0.4, 0.5) is 0 Å². The van der Waals surface area contributed by atoms with Gasteiger partial charge < -0.3 is 5.32 Å². The van der Waals surface area contributed by atoms with Gasteiger partial charge in [-0.3, -0.25) is 4.79 Å². The van der Waals surface area contributed by atoms with Crippen LogP contribution in [0, 0.1) is 0 Å². The lowest BCUT2D eigenvalue weighted by molar-refractivity contribution is -0.120. The number of rotatable bonds is 4. The maximum atomic E-state index is 11.0. The molecule has 0 rings (SSSR count). The third-order valence-electron chi connectivity index (χ3n) is 0.998. The third kappa shape index (κ3) is 4.28. The maximum absolute atomic E-state index is 11.0. The Morgan fingerprint density at radius 2 is 2.30 bits per heavy atom. The van der Waals surface area contributed by atoms with E-state index in [-0.39, 0.29) is 10.7 Å². The Hall–Kier alpha value is 0.430. The van der Waals surface area contributed by atoms with Gasteiger partial charge in [-0.1, -0.05) is 31.9 Å². The SMILES string of the molecule is CCNC(=O)C(Br)CCBr. The molecule has 0 radical (unpaired) electrons. The molecule has 0 fully saturated rings. The number of carbonyl (C=O) groups is 1. The Morgan fingerprint density at radius 1 is 1.70 bits per heavy atom. The molecule has 1 amide bonds. The molecule has 1 unspecified atom stereocenters. The van der Waals surface area contributed by atoms with Crippen LogP contribution in [0.2, 0.25) is 0 Å². The molecule has 60 valence electrons. The topological polar surface area (TPSA) is 29.1 Å². The van der Waals surface area contributed by atoms with Crippen molar-refractivity contribution in [2.75, 3.05) is 11.9 Å². The molecule has 0 spiro atoms. The Bertz CT molecular complexity index is 108. The molecule has 1 N–H and O–H groups in total. The van der Waals surface area contributed by atoms with E-state index < -0.39 is 0 Å². The second kappa shape index (κ2) is 6.16. The van der Waals surface area contributed by atoms with E-state index in [1.807, 2.05) is 6.92 Å². The lowest BCUT2D eigenvalue weighted by atomic mass is 10.3. The van der Waals surface area contributed by atoms with Crippen molar-refractivity contribution >= 4 is 37.8 Å². The van der Waals surface area contributed by atoms with Gasteiger partial charge in [0, 0.05) is 11.9 Å². The molecule has 0 aromatic heterocycles. The predicted molar refractivity (Wildman–Crippen MR) is 49.8 cm³/mol. The van der Waals surface area contributed by atoms with Gasteiger partial charge in [-0.15, -0.1) is 0 Å². The lowest BCUT2D eigenvalue weighted by Gasteiger charge is -2.06. The summed E-state index contributed by atoms with van der Waals surface area (Å²) < 4.78 is 0. The van der Waals surface area contributed by atoms with Crippen molar-refractivity contribution in [2.45, 2.75) is 18.2 Å². The highest BCUT2D eigenvalue weighted by Crippen LogP contribution is 2.06. The number of halogens is 2. The highest BCUT2D eigenvalue weighted by atomic mass is 79.9. The molecule has 0 saturated heterocycles. The summed E-state index contributed by atoms with van der Waals surface area (Å²) in [5.74, 6) is 0.0713. The van der Waals surface area contributed by atoms with E-state index in [9.17, 15) is 4.79 Å². The average molecular weight is 273 g/mol. The van der Waals surface area contributed by atoms with Crippen molar-refractivity contribution in [1.29, 1.82) is 0 Å². The maximum Gasteiger partial charge on any atom is 0.233 e. The molecule has 10 heavy (non-hydrogen) atoms. The largest absolute Gasteiger partial charge is 0.355 e. The molecule has 0 bridgehead atoms. The van der Waals surface area contributed by atoms with Gasteiger partial charge in [0.25, 0.3) is 0 Å². The summed E-state index contributed by atoms with van der Waals surface area (Å²) in [4.78, 5) is 10.9. The first-order chi connectivity index (χ1) is 4.72. The summed E-state index contributed by atoms with van der Waals surface area (Å²) >= 11 is 6.52. The minimum absolute atomic E-state index is 0.0492.